The van der Waals surface area contributed by atoms with Crippen LogP contribution in [0.4, 0.5) is 5.82 Å². The SMILES string of the molecule is c1cc(-c2nc(NCCCCn3cnnc3)c3c4c(sc3n2)CCCC4)cs1. The van der Waals surface area contributed by atoms with Gasteiger partial charge in [-0.05, 0) is 55.5 Å². The Kier molecular flexibility index (Phi) is 5.05. The van der Waals surface area contributed by atoms with Gasteiger partial charge in [-0.3, -0.25) is 0 Å². The second-order valence-corrected chi connectivity index (χ2v) is 9.00. The number of aryl methyl sites for hydroxylation is 3. The largest absolute Gasteiger partial charge is 0.369 e. The molecule has 0 aromatic carbocycles. The number of aromatic nitrogens is 5. The van der Waals surface area contributed by atoms with E-state index in [1.165, 1.54) is 35.1 Å². The number of fused-ring (bicyclic) bond motifs is 3. The van der Waals surface area contributed by atoms with Gasteiger partial charge in [-0.1, -0.05) is 0 Å². The van der Waals surface area contributed by atoms with Crippen LogP contribution in [0.5, 0.6) is 0 Å². The Labute approximate surface area is 171 Å². The van der Waals surface area contributed by atoms with Gasteiger partial charge >= 0.3 is 0 Å². The number of nitrogens with zero attached hydrogens (tertiary/aromatic N) is 5. The number of thiophene rings is 2. The van der Waals surface area contributed by atoms with E-state index in [0.29, 0.717) is 0 Å². The minimum absolute atomic E-state index is 0.833. The lowest BCUT2D eigenvalue weighted by atomic mass is 9.97. The number of hydrogen-bond donors (Lipinski definition) is 1. The van der Waals surface area contributed by atoms with Crippen molar-refractivity contribution in [2.24, 2.45) is 0 Å². The molecule has 0 saturated heterocycles. The van der Waals surface area contributed by atoms with Crippen molar-refractivity contribution in [3.63, 3.8) is 0 Å². The zero-order valence-corrected chi connectivity index (χ0v) is 17.2. The van der Waals surface area contributed by atoms with Gasteiger partial charge in [-0.15, -0.1) is 21.5 Å². The van der Waals surface area contributed by atoms with E-state index in [4.69, 9.17) is 9.97 Å². The average Bonchev–Trinajstić information content (AvgIpc) is 3.47. The molecule has 0 unspecified atom stereocenters. The predicted molar refractivity (Wildman–Crippen MR) is 115 cm³/mol. The minimum atomic E-state index is 0.833. The van der Waals surface area contributed by atoms with Crippen molar-refractivity contribution in [3.8, 4) is 11.4 Å². The topological polar surface area (TPSA) is 68.5 Å². The highest BCUT2D eigenvalue weighted by molar-refractivity contribution is 7.19. The fourth-order valence-corrected chi connectivity index (χ4v) is 5.67. The molecule has 144 valence electrons. The molecular weight excluding hydrogens is 388 g/mol. The Hall–Kier alpha value is -2.32. The molecular formula is C20H22N6S2. The molecule has 0 spiro atoms. The highest BCUT2D eigenvalue weighted by Crippen LogP contribution is 2.39. The molecule has 1 N–H and O–H groups in total. The maximum atomic E-state index is 4.94. The summed E-state index contributed by atoms with van der Waals surface area (Å²) in [5.41, 5.74) is 2.59. The van der Waals surface area contributed by atoms with Crippen molar-refractivity contribution in [2.45, 2.75) is 45.1 Å². The van der Waals surface area contributed by atoms with Crippen molar-refractivity contribution in [1.82, 2.24) is 24.7 Å². The standard InChI is InChI=1S/C20H22N6S2/c1-2-6-16-15(5-1)17-19(21-8-3-4-9-26-12-22-23-13-26)24-18(25-20(17)28-16)14-7-10-27-11-14/h7,10-13H,1-6,8-9H2,(H,21,24,25). The lowest BCUT2D eigenvalue weighted by molar-refractivity contribution is 0.619. The summed E-state index contributed by atoms with van der Waals surface area (Å²) in [7, 11) is 0. The molecule has 0 amide bonds. The second kappa shape index (κ2) is 7.97. The Bertz CT molecular complexity index is 1050. The van der Waals surface area contributed by atoms with Gasteiger partial charge in [0.1, 0.15) is 23.3 Å². The van der Waals surface area contributed by atoms with Gasteiger partial charge in [0.25, 0.3) is 0 Å². The minimum Gasteiger partial charge on any atom is -0.369 e. The molecule has 4 aromatic rings. The van der Waals surface area contributed by atoms with Crippen LogP contribution in [0.15, 0.2) is 29.5 Å². The number of hydrogen-bond acceptors (Lipinski definition) is 7. The van der Waals surface area contributed by atoms with Crippen LogP contribution in [-0.4, -0.2) is 31.3 Å². The quantitative estimate of drug-likeness (QED) is 0.444. The number of rotatable bonds is 7. The molecule has 0 aliphatic heterocycles. The molecule has 5 rings (SSSR count). The van der Waals surface area contributed by atoms with Gasteiger partial charge in [0, 0.05) is 28.9 Å². The summed E-state index contributed by atoms with van der Waals surface area (Å²) >= 11 is 3.55. The maximum Gasteiger partial charge on any atom is 0.163 e. The van der Waals surface area contributed by atoms with E-state index in [1.54, 1.807) is 24.0 Å². The lowest BCUT2D eigenvalue weighted by Crippen LogP contribution is -2.08. The van der Waals surface area contributed by atoms with Crippen molar-refractivity contribution < 1.29 is 0 Å². The smallest absolute Gasteiger partial charge is 0.163 e. The van der Waals surface area contributed by atoms with Gasteiger partial charge in [-0.2, -0.15) is 11.3 Å². The number of nitrogens with one attached hydrogen (secondary N) is 1. The predicted octanol–water partition coefficient (Wildman–Crippen LogP) is 4.78. The monoisotopic (exact) mass is 410 g/mol. The Morgan fingerprint density at radius 1 is 1.07 bits per heavy atom. The van der Waals surface area contributed by atoms with Crippen LogP contribution in [0, 0.1) is 0 Å². The summed E-state index contributed by atoms with van der Waals surface area (Å²) < 4.78 is 2.02. The molecule has 0 saturated carbocycles. The van der Waals surface area contributed by atoms with Crippen LogP contribution in [-0.2, 0) is 19.4 Å². The fourth-order valence-electron chi connectivity index (χ4n) is 3.77. The van der Waals surface area contributed by atoms with E-state index in [-0.39, 0.29) is 0 Å². The van der Waals surface area contributed by atoms with E-state index >= 15 is 0 Å². The fraction of sp³-hybridized carbons (Fsp3) is 0.400. The molecule has 4 heterocycles. The molecule has 1 aliphatic rings. The van der Waals surface area contributed by atoms with Crippen LogP contribution in [0.2, 0.25) is 0 Å². The van der Waals surface area contributed by atoms with E-state index in [0.717, 1.165) is 54.4 Å². The van der Waals surface area contributed by atoms with Crippen LogP contribution in [0.25, 0.3) is 21.6 Å². The molecule has 28 heavy (non-hydrogen) atoms. The van der Waals surface area contributed by atoms with Gasteiger partial charge < -0.3 is 9.88 Å². The summed E-state index contributed by atoms with van der Waals surface area (Å²) in [5.74, 6) is 1.84. The first-order valence-electron chi connectivity index (χ1n) is 9.79. The van der Waals surface area contributed by atoms with Crippen LogP contribution >= 0.6 is 22.7 Å². The number of anilines is 1. The van der Waals surface area contributed by atoms with Gasteiger partial charge in [0.15, 0.2) is 5.82 Å². The zero-order chi connectivity index (χ0) is 18.8. The first-order chi connectivity index (χ1) is 13.9. The van der Waals surface area contributed by atoms with Gasteiger partial charge in [0.05, 0.1) is 5.39 Å². The summed E-state index contributed by atoms with van der Waals surface area (Å²) in [6.07, 6.45) is 10.6. The van der Waals surface area contributed by atoms with Crippen LogP contribution in [0.1, 0.15) is 36.1 Å². The summed E-state index contributed by atoms with van der Waals surface area (Å²) in [4.78, 5) is 12.5. The van der Waals surface area contributed by atoms with Crippen LogP contribution in [0.3, 0.4) is 0 Å². The van der Waals surface area contributed by atoms with Gasteiger partial charge in [0.2, 0.25) is 0 Å². The maximum absolute atomic E-state index is 4.94. The molecule has 0 fully saturated rings. The van der Waals surface area contributed by atoms with E-state index in [2.05, 4.69) is 32.3 Å². The molecule has 6 nitrogen and oxygen atoms in total. The highest BCUT2D eigenvalue weighted by Gasteiger charge is 2.21. The van der Waals surface area contributed by atoms with Crippen molar-refractivity contribution >= 4 is 38.7 Å². The van der Waals surface area contributed by atoms with Crippen LogP contribution < -0.4 is 5.32 Å². The van der Waals surface area contributed by atoms with E-state index < -0.39 is 0 Å². The molecule has 4 aromatic heterocycles. The summed E-state index contributed by atoms with van der Waals surface area (Å²) in [6, 6.07) is 2.10. The highest BCUT2D eigenvalue weighted by atomic mass is 32.1. The Morgan fingerprint density at radius 2 is 1.96 bits per heavy atom. The van der Waals surface area contributed by atoms with E-state index in [1.807, 2.05) is 15.9 Å². The molecule has 8 heteroatoms. The van der Waals surface area contributed by atoms with Crippen molar-refractivity contribution in [1.29, 1.82) is 0 Å². The van der Waals surface area contributed by atoms with Gasteiger partial charge in [-0.25, -0.2) is 9.97 Å². The second-order valence-electron chi connectivity index (χ2n) is 7.13. The summed E-state index contributed by atoms with van der Waals surface area (Å²) in [6.45, 7) is 1.85. The normalized spacial score (nSPS) is 13.7. The third-order valence-corrected chi connectivity index (χ3v) is 7.07. The van der Waals surface area contributed by atoms with Crippen molar-refractivity contribution in [2.75, 3.05) is 11.9 Å². The molecule has 1 aliphatic carbocycles. The molecule has 0 radical (unpaired) electrons. The Morgan fingerprint density at radius 3 is 2.82 bits per heavy atom. The zero-order valence-electron chi connectivity index (χ0n) is 15.6. The first kappa shape index (κ1) is 17.8. The molecule has 0 atom stereocenters. The summed E-state index contributed by atoms with van der Waals surface area (Å²) in [5, 5.41) is 16.8. The van der Waals surface area contributed by atoms with E-state index in [9.17, 15) is 0 Å². The third-order valence-electron chi connectivity index (χ3n) is 5.20. The molecule has 0 bridgehead atoms. The Balaban J connectivity index is 1.39. The van der Waals surface area contributed by atoms with Crippen molar-refractivity contribution in [3.05, 3.63) is 39.9 Å². The third kappa shape index (κ3) is 3.54. The lowest BCUT2D eigenvalue weighted by Gasteiger charge is -2.13. The first-order valence-corrected chi connectivity index (χ1v) is 11.6. The average molecular weight is 411 g/mol. The number of unbranched alkanes of at least 4 members (excludes halogenated alkanes) is 1.